The van der Waals surface area contributed by atoms with Gasteiger partial charge in [0.15, 0.2) is 0 Å². The first-order valence-corrected chi connectivity index (χ1v) is 7.29. The van der Waals surface area contributed by atoms with Gasteiger partial charge in [-0.3, -0.25) is 0 Å². The number of benzene rings is 1. The van der Waals surface area contributed by atoms with Gasteiger partial charge in [-0.15, -0.1) is 0 Å². The number of fused-ring (bicyclic) bond motifs is 1. The van der Waals surface area contributed by atoms with Gasteiger partial charge < -0.3 is 15.2 Å². The van der Waals surface area contributed by atoms with E-state index in [1.807, 2.05) is 6.92 Å². The molecule has 1 aromatic heterocycles. The van der Waals surface area contributed by atoms with Gasteiger partial charge in [-0.1, -0.05) is 0 Å². The topological polar surface area (TPSA) is 47.1 Å². The average Bonchev–Trinajstić information content (AvgIpc) is 3.02. The van der Waals surface area contributed by atoms with Gasteiger partial charge in [0.2, 0.25) is 0 Å². The van der Waals surface area contributed by atoms with Crippen molar-refractivity contribution in [3.05, 3.63) is 29.8 Å². The van der Waals surface area contributed by atoms with Crippen LogP contribution in [0, 0.1) is 5.82 Å². The van der Waals surface area contributed by atoms with Crippen molar-refractivity contribution in [3.8, 4) is 0 Å². The zero-order valence-electron chi connectivity index (χ0n) is 11.8. The molecule has 2 heterocycles. The molecule has 0 aliphatic carbocycles. The zero-order valence-corrected chi connectivity index (χ0v) is 11.8. The summed E-state index contributed by atoms with van der Waals surface area (Å²) in [4.78, 5) is 6.96. The molecule has 20 heavy (non-hydrogen) atoms. The van der Waals surface area contributed by atoms with Crippen LogP contribution in [0.15, 0.2) is 18.2 Å². The van der Waals surface area contributed by atoms with Crippen LogP contribution < -0.4 is 5.73 Å². The lowest BCUT2D eigenvalue weighted by Gasteiger charge is -2.17. The molecule has 1 aliphatic heterocycles. The zero-order chi connectivity index (χ0) is 14.1. The first-order valence-electron chi connectivity index (χ1n) is 7.29. The van der Waals surface area contributed by atoms with E-state index in [0.717, 1.165) is 24.4 Å². The van der Waals surface area contributed by atoms with Gasteiger partial charge in [0.1, 0.15) is 11.6 Å². The monoisotopic (exact) mass is 276 g/mol. The third-order valence-corrected chi connectivity index (χ3v) is 3.99. The maximum atomic E-state index is 13.3. The molecule has 0 spiro atoms. The average molecular weight is 276 g/mol. The smallest absolute Gasteiger partial charge is 0.126 e. The van der Waals surface area contributed by atoms with Crippen LogP contribution in [0.1, 0.15) is 31.6 Å². The van der Waals surface area contributed by atoms with E-state index < -0.39 is 0 Å². The quantitative estimate of drug-likeness (QED) is 0.932. The fourth-order valence-electron chi connectivity index (χ4n) is 2.95. The highest BCUT2D eigenvalue weighted by molar-refractivity contribution is 5.76. The summed E-state index contributed by atoms with van der Waals surface area (Å²) in [7, 11) is 0. The Morgan fingerprint density at radius 3 is 2.75 bits per heavy atom. The number of halogens is 1. The van der Waals surface area contributed by atoms with E-state index in [-0.39, 0.29) is 11.9 Å². The molecule has 2 aromatic rings. The number of rotatable bonds is 4. The summed E-state index contributed by atoms with van der Waals surface area (Å²) in [6.45, 7) is 6.13. The standard InChI is InChI=1S/C15H21FN4/c1-11(17)15-18-13-10-12(16)4-5-14(13)20(15)9-8-19-6-2-3-7-19/h4-5,10-11H,2-3,6-9,17H2,1H3. The minimum Gasteiger partial charge on any atom is -0.325 e. The Kier molecular flexibility index (Phi) is 3.72. The van der Waals surface area contributed by atoms with Crippen molar-refractivity contribution in [1.29, 1.82) is 0 Å². The van der Waals surface area contributed by atoms with Gasteiger partial charge in [0.25, 0.3) is 0 Å². The van der Waals surface area contributed by atoms with Crippen LogP contribution in [0.5, 0.6) is 0 Å². The number of nitrogens with two attached hydrogens (primary N) is 1. The summed E-state index contributed by atoms with van der Waals surface area (Å²) in [5.41, 5.74) is 7.67. The lowest BCUT2D eigenvalue weighted by Crippen LogP contribution is -2.25. The van der Waals surface area contributed by atoms with Crippen LogP contribution in [-0.2, 0) is 6.54 Å². The number of nitrogens with zero attached hydrogens (tertiary/aromatic N) is 3. The molecule has 1 saturated heterocycles. The minimum absolute atomic E-state index is 0.149. The van der Waals surface area contributed by atoms with Gasteiger partial charge in [0, 0.05) is 19.2 Å². The maximum absolute atomic E-state index is 13.3. The fraction of sp³-hybridized carbons (Fsp3) is 0.533. The van der Waals surface area contributed by atoms with Crippen molar-refractivity contribution in [2.24, 2.45) is 5.73 Å². The van der Waals surface area contributed by atoms with Crippen molar-refractivity contribution in [2.75, 3.05) is 19.6 Å². The molecule has 2 N–H and O–H groups in total. The molecule has 0 radical (unpaired) electrons. The molecule has 1 aromatic carbocycles. The Morgan fingerprint density at radius 2 is 2.05 bits per heavy atom. The predicted molar refractivity (Wildman–Crippen MR) is 78.0 cm³/mol. The Labute approximate surface area is 118 Å². The summed E-state index contributed by atoms with van der Waals surface area (Å²) in [6.07, 6.45) is 2.58. The van der Waals surface area contributed by atoms with Crippen LogP contribution in [0.25, 0.3) is 11.0 Å². The Hall–Kier alpha value is -1.46. The summed E-state index contributed by atoms with van der Waals surface area (Å²) < 4.78 is 15.5. The van der Waals surface area contributed by atoms with Crippen LogP contribution in [0.4, 0.5) is 4.39 Å². The maximum Gasteiger partial charge on any atom is 0.126 e. The highest BCUT2D eigenvalue weighted by Crippen LogP contribution is 2.21. The van der Waals surface area contributed by atoms with Gasteiger partial charge in [-0.05, 0) is 45.0 Å². The normalized spacial score (nSPS) is 17.9. The molecule has 1 atom stereocenters. The molecule has 0 amide bonds. The Bertz CT molecular complexity index is 599. The number of hydrogen-bond donors (Lipinski definition) is 1. The summed E-state index contributed by atoms with van der Waals surface area (Å²) in [5.74, 6) is 0.586. The van der Waals surface area contributed by atoms with Crippen molar-refractivity contribution in [2.45, 2.75) is 32.4 Å². The van der Waals surface area contributed by atoms with Crippen LogP contribution in [0.3, 0.4) is 0 Å². The number of imidazole rings is 1. The molecular formula is C15H21FN4. The van der Waals surface area contributed by atoms with Crippen molar-refractivity contribution in [3.63, 3.8) is 0 Å². The molecule has 0 saturated carbocycles. The molecule has 1 aliphatic rings. The Morgan fingerprint density at radius 1 is 1.30 bits per heavy atom. The minimum atomic E-state index is -0.252. The third-order valence-electron chi connectivity index (χ3n) is 3.99. The van der Waals surface area contributed by atoms with E-state index in [2.05, 4.69) is 14.5 Å². The number of aromatic nitrogens is 2. The second-order valence-corrected chi connectivity index (χ2v) is 5.59. The SMILES string of the molecule is CC(N)c1nc2cc(F)ccc2n1CCN1CCCC1. The third kappa shape index (κ3) is 2.55. The van der Waals surface area contributed by atoms with Crippen molar-refractivity contribution < 1.29 is 4.39 Å². The molecule has 1 unspecified atom stereocenters. The highest BCUT2D eigenvalue weighted by atomic mass is 19.1. The van der Waals surface area contributed by atoms with Crippen molar-refractivity contribution in [1.82, 2.24) is 14.5 Å². The summed E-state index contributed by atoms with van der Waals surface area (Å²) in [6, 6.07) is 4.62. The second-order valence-electron chi connectivity index (χ2n) is 5.59. The first kappa shape index (κ1) is 13.5. The molecule has 3 rings (SSSR count). The molecule has 1 fully saturated rings. The van der Waals surface area contributed by atoms with Gasteiger partial charge in [-0.25, -0.2) is 9.37 Å². The number of likely N-dealkylation sites (tertiary alicyclic amines) is 1. The van der Waals surface area contributed by atoms with E-state index in [0.29, 0.717) is 5.52 Å². The van der Waals surface area contributed by atoms with E-state index in [9.17, 15) is 4.39 Å². The van der Waals surface area contributed by atoms with Crippen molar-refractivity contribution >= 4 is 11.0 Å². The Balaban J connectivity index is 1.91. The van der Waals surface area contributed by atoms with Gasteiger partial charge in [0.05, 0.1) is 17.1 Å². The highest BCUT2D eigenvalue weighted by Gasteiger charge is 2.16. The summed E-state index contributed by atoms with van der Waals surface area (Å²) in [5, 5.41) is 0. The second kappa shape index (κ2) is 5.50. The van der Waals surface area contributed by atoms with Crippen LogP contribution in [-0.4, -0.2) is 34.1 Å². The molecule has 108 valence electrons. The van der Waals surface area contributed by atoms with E-state index in [1.54, 1.807) is 6.07 Å². The lowest BCUT2D eigenvalue weighted by molar-refractivity contribution is 0.321. The molecule has 0 bridgehead atoms. The molecule has 5 heteroatoms. The van der Waals surface area contributed by atoms with E-state index in [4.69, 9.17) is 5.73 Å². The first-order chi connectivity index (χ1) is 9.65. The van der Waals surface area contributed by atoms with Gasteiger partial charge in [-0.2, -0.15) is 0 Å². The predicted octanol–water partition coefficient (Wildman–Crippen LogP) is 2.29. The molecule has 4 nitrogen and oxygen atoms in total. The van der Waals surface area contributed by atoms with Crippen LogP contribution >= 0.6 is 0 Å². The van der Waals surface area contributed by atoms with E-state index in [1.165, 1.54) is 38.1 Å². The number of hydrogen-bond acceptors (Lipinski definition) is 3. The fourth-order valence-corrected chi connectivity index (χ4v) is 2.95. The summed E-state index contributed by atoms with van der Waals surface area (Å²) >= 11 is 0. The van der Waals surface area contributed by atoms with E-state index >= 15 is 0 Å². The molecular weight excluding hydrogens is 255 g/mol. The van der Waals surface area contributed by atoms with Gasteiger partial charge >= 0.3 is 0 Å². The lowest BCUT2D eigenvalue weighted by atomic mass is 10.3. The van der Waals surface area contributed by atoms with Crippen LogP contribution in [0.2, 0.25) is 0 Å². The largest absolute Gasteiger partial charge is 0.325 e.